The molecule has 0 saturated heterocycles. The molecular formula is C24H23ClN6O3S. The molecule has 0 aliphatic heterocycles. The number of anilines is 1. The number of rotatable bonds is 6. The summed E-state index contributed by atoms with van der Waals surface area (Å²) in [6.07, 6.45) is 0. The Morgan fingerprint density at radius 1 is 1.06 bits per heavy atom. The molecule has 0 saturated carbocycles. The molecule has 0 fully saturated rings. The predicted molar refractivity (Wildman–Crippen MR) is 138 cm³/mol. The van der Waals surface area contributed by atoms with Crippen molar-refractivity contribution in [1.82, 2.24) is 23.9 Å². The zero-order valence-electron chi connectivity index (χ0n) is 19.6. The molecule has 0 amide bonds. The Labute approximate surface area is 210 Å². The molecule has 0 unspecified atom stereocenters. The van der Waals surface area contributed by atoms with Gasteiger partial charge in [0.05, 0.1) is 16.5 Å². The second-order valence-electron chi connectivity index (χ2n) is 8.09. The summed E-state index contributed by atoms with van der Waals surface area (Å²) in [5, 5.41) is 9.68. The Bertz CT molecular complexity index is 1590. The van der Waals surface area contributed by atoms with E-state index in [-0.39, 0.29) is 17.1 Å². The molecule has 2 N–H and O–H groups in total. The maximum absolute atomic E-state index is 13.1. The number of hydrogen-bond donors (Lipinski definition) is 1. The summed E-state index contributed by atoms with van der Waals surface area (Å²) in [6.45, 7) is 3.96. The summed E-state index contributed by atoms with van der Waals surface area (Å²) >= 11 is 7.58. The normalized spacial score (nSPS) is 11.1. The second kappa shape index (κ2) is 9.55. The Morgan fingerprint density at radius 2 is 1.77 bits per heavy atom. The number of carbonyl (C=O) groups is 1. The summed E-state index contributed by atoms with van der Waals surface area (Å²) in [6, 6.07) is 13.3. The number of halogens is 1. The highest BCUT2D eigenvalue weighted by Gasteiger charge is 2.23. The van der Waals surface area contributed by atoms with Crippen LogP contribution in [-0.2, 0) is 14.1 Å². The molecule has 0 spiro atoms. The maximum Gasteiger partial charge on any atom is 0.332 e. The summed E-state index contributed by atoms with van der Waals surface area (Å²) in [7, 11) is 2.72. The van der Waals surface area contributed by atoms with Crippen molar-refractivity contribution >= 4 is 35.0 Å². The third-order valence-corrected chi connectivity index (χ3v) is 6.93. The SMILES string of the molecule is Cc1ccc(C)c(-n2c(SCC(=O)c3c(N)n(C)c(=O)n(C)c3=O)nnc2-c2ccccc2Cl)c1. The Morgan fingerprint density at radius 3 is 2.49 bits per heavy atom. The topological polar surface area (TPSA) is 118 Å². The van der Waals surface area contributed by atoms with Crippen molar-refractivity contribution < 1.29 is 4.79 Å². The molecule has 0 radical (unpaired) electrons. The largest absolute Gasteiger partial charge is 0.384 e. The minimum atomic E-state index is -0.732. The van der Waals surface area contributed by atoms with Crippen LogP contribution in [0.3, 0.4) is 0 Å². The smallest absolute Gasteiger partial charge is 0.332 e. The van der Waals surface area contributed by atoms with Gasteiger partial charge in [-0.05, 0) is 43.2 Å². The van der Waals surface area contributed by atoms with Gasteiger partial charge in [0.1, 0.15) is 11.4 Å². The number of Topliss-reactive ketones (excluding diaryl/α,β-unsaturated/α-hetero) is 1. The molecule has 180 valence electrons. The average Bonchev–Trinajstić information content (AvgIpc) is 3.25. The van der Waals surface area contributed by atoms with Crippen molar-refractivity contribution in [3.8, 4) is 17.1 Å². The highest BCUT2D eigenvalue weighted by atomic mass is 35.5. The number of carbonyl (C=O) groups excluding carboxylic acids is 1. The Hall–Kier alpha value is -3.63. The molecule has 0 atom stereocenters. The molecule has 4 rings (SSSR count). The zero-order chi connectivity index (χ0) is 25.4. The minimum Gasteiger partial charge on any atom is -0.384 e. The first-order chi connectivity index (χ1) is 16.6. The lowest BCUT2D eigenvalue weighted by Crippen LogP contribution is -2.41. The van der Waals surface area contributed by atoms with Gasteiger partial charge in [0.2, 0.25) is 0 Å². The van der Waals surface area contributed by atoms with E-state index in [1.807, 2.05) is 54.8 Å². The number of hydrogen-bond acceptors (Lipinski definition) is 7. The van der Waals surface area contributed by atoms with Crippen molar-refractivity contribution in [2.45, 2.75) is 19.0 Å². The quantitative estimate of drug-likeness (QED) is 0.312. The van der Waals surface area contributed by atoms with Crippen LogP contribution in [0.2, 0.25) is 5.02 Å². The van der Waals surface area contributed by atoms with Crippen molar-refractivity contribution in [2.24, 2.45) is 14.1 Å². The Kier molecular flexibility index (Phi) is 6.68. The molecule has 0 aliphatic carbocycles. The summed E-state index contributed by atoms with van der Waals surface area (Å²) < 4.78 is 3.79. The van der Waals surface area contributed by atoms with Gasteiger partial charge in [-0.3, -0.25) is 23.3 Å². The maximum atomic E-state index is 13.1. The molecule has 9 nitrogen and oxygen atoms in total. The van der Waals surface area contributed by atoms with Crippen molar-refractivity contribution in [3.05, 3.63) is 85.0 Å². The number of thioether (sulfide) groups is 1. The second-order valence-corrected chi connectivity index (χ2v) is 9.44. The highest BCUT2D eigenvalue weighted by Crippen LogP contribution is 2.33. The monoisotopic (exact) mass is 510 g/mol. The molecule has 2 aromatic heterocycles. The molecule has 0 bridgehead atoms. The van der Waals surface area contributed by atoms with Crippen molar-refractivity contribution in [3.63, 3.8) is 0 Å². The fraction of sp³-hybridized carbons (Fsp3) is 0.208. The van der Waals surface area contributed by atoms with Crippen LogP contribution in [0.1, 0.15) is 21.5 Å². The molecule has 2 heterocycles. The lowest BCUT2D eigenvalue weighted by Gasteiger charge is -2.14. The van der Waals surface area contributed by atoms with Crippen LogP contribution in [0.25, 0.3) is 17.1 Å². The number of aryl methyl sites for hydroxylation is 2. The number of benzene rings is 2. The van der Waals surface area contributed by atoms with Gasteiger partial charge in [-0.25, -0.2) is 4.79 Å². The van der Waals surface area contributed by atoms with E-state index < -0.39 is 17.0 Å². The van der Waals surface area contributed by atoms with Gasteiger partial charge >= 0.3 is 5.69 Å². The van der Waals surface area contributed by atoms with Gasteiger partial charge in [-0.1, -0.05) is 47.6 Å². The summed E-state index contributed by atoms with van der Waals surface area (Å²) in [5.74, 6) is -0.296. The van der Waals surface area contributed by atoms with Crippen LogP contribution in [0.15, 0.2) is 57.2 Å². The Balaban J connectivity index is 1.79. The first-order valence-electron chi connectivity index (χ1n) is 10.6. The number of nitrogens with zero attached hydrogens (tertiary/aromatic N) is 5. The van der Waals surface area contributed by atoms with E-state index in [2.05, 4.69) is 10.2 Å². The van der Waals surface area contributed by atoms with Gasteiger partial charge in [0, 0.05) is 19.7 Å². The van der Waals surface area contributed by atoms with E-state index in [1.165, 1.54) is 14.1 Å². The summed E-state index contributed by atoms with van der Waals surface area (Å²) in [5.41, 5.74) is 7.94. The fourth-order valence-corrected chi connectivity index (χ4v) is 4.72. The van der Waals surface area contributed by atoms with E-state index in [1.54, 1.807) is 6.07 Å². The molecular weight excluding hydrogens is 488 g/mol. The zero-order valence-corrected chi connectivity index (χ0v) is 21.1. The van der Waals surface area contributed by atoms with Crippen molar-refractivity contribution in [2.75, 3.05) is 11.5 Å². The van der Waals surface area contributed by atoms with Crippen LogP contribution >= 0.6 is 23.4 Å². The minimum absolute atomic E-state index is 0.136. The lowest BCUT2D eigenvalue weighted by molar-refractivity contribution is 0.102. The van der Waals surface area contributed by atoms with Gasteiger partial charge in [-0.15, -0.1) is 10.2 Å². The van der Waals surface area contributed by atoms with Gasteiger partial charge < -0.3 is 5.73 Å². The van der Waals surface area contributed by atoms with E-state index in [0.717, 1.165) is 37.7 Å². The molecule has 2 aromatic carbocycles. The molecule has 11 heteroatoms. The van der Waals surface area contributed by atoms with Crippen LogP contribution in [-0.4, -0.2) is 35.4 Å². The van der Waals surface area contributed by atoms with Crippen LogP contribution < -0.4 is 17.0 Å². The standard InChI is InChI=1S/C24H23ClN6O3S/c1-13-9-10-14(2)17(11-13)31-21(15-7-5-6-8-16(15)25)27-28-23(31)35-12-18(32)19-20(26)29(3)24(34)30(4)22(19)33/h5-11H,12,26H2,1-4H3. The third-order valence-electron chi connectivity index (χ3n) is 5.67. The first kappa shape index (κ1) is 24.5. The van der Waals surface area contributed by atoms with Gasteiger partial charge in [0.15, 0.2) is 16.8 Å². The van der Waals surface area contributed by atoms with E-state index in [4.69, 9.17) is 17.3 Å². The predicted octanol–water partition coefficient (Wildman–Crippen LogP) is 3.16. The van der Waals surface area contributed by atoms with Gasteiger partial charge in [0.25, 0.3) is 5.56 Å². The van der Waals surface area contributed by atoms with Crippen molar-refractivity contribution in [1.29, 1.82) is 0 Å². The lowest BCUT2D eigenvalue weighted by atomic mass is 10.1. The van der Waals surface area contributed by atoms with Crippen LogP contribution in [0, 0.1) is 13.8 Å². The number of nitrogen functional groups attached to an aromatic ring is 1. The van der Waals surface area contributed by atoms with E-state index >= 15 is 0 Å². The average molecular weight is 511 g/mol. The van der Waals surface area contributed by atoms with E-state index in [9.17, 15) is 14.4 Å². The first-order valence-corrected chi connectivity index (χ1v) is 12.0. The third kappa shape index (κ3) is 4.42. The number of aromatic nitrogens is 5. The van der Waals surface area contributed by atoms with Crippen LogP contribution in [0.5, 0.6) is 0 Å². The van der Waals surface area contributed by atoms with E-state index in [0.29, 0.717) is 21.6 Å². The summed E-state index contributed by atoms with van der Waals surface area (Å²) in [4.78, 5) is 37.8. The van der Waals surface area contributed by atoms with Gasteiger partial charge in [-0.2, -0.15) is 0 Å². The number of ketones is 1. The molecule has 4 aromatic rings. The fourth-order valence-electron chi connectivity index (χ4n) is 3.68. The van der Waals surface area contributed by atoms with Crippen LogP contribution in [0.4, 0.5) is 5.82 Å². The highest BCUT2D eigenvalue weighted by molar-refractivity contribution is 7.99. The molecule has 0 aliphatic rings. The molecule has 35 heavy (non-hydrogen) atoms. The number of nitrogens with two attached hydrogens (primary N) is 1.